The number of benzene rings is 2. The normalized spacial score (nSPS) is 10.5. The van der Waals surface area contributed by atoms with Gasteiger partial charge >= 0.3 is 0 Å². The minimum Gasteiger partial charge on any atom is -0.497 e. The van der Waals surface area contributed by atoms with Crippen LogP contribution in [0.15, 0.2) is 42.5 Å². The molecule has 0 atom stereocenters. The Kier molecular flexibility index (Phi) is 7.87. The van der Waals surface area contributed by atoms with Crippen LogP contribution in [-0.2, 0) is 16.0 Å². The van der Waals surface area contributed by atoms with Crippen molar-refractivity contribution in [3.05, 3.63) is 59.2 Å². The zero-order valence-corrected chi connectivity index (χ0v) is 16.9. The van der Waals surface area contributed by atoms with Gasteiger partial charge in [-0.3, -0.25) is 20.4 Å². The van der Waals surface area contributed by atoms with E-state index in [9.17, 15) is 9.59 Å². The number of amides is 2. The summed E-state index contributed by atoms with van der Waals surface area (Å²) in [4.78, 5) is 23.9. The first-order chi connectivity index (χ1) is 13.4. The molecule has 2 rings (SSSR count). The molecule has 2 amide bonds. The van der Waals surface area contributed by atoms with Crippen molar-refractivity contribution in [2.24, 2.45) is 0 Å². The van der Waals surface area contributed by atoms with Crippen LogP contribution < -0.4 is 20.3 Å². The molecule has 0 aliphatic heterocycles. The predicted octanol–water partition coefficient (Wildman–Crippen LogP) is 3.29. The fourth-order valence-electron chi connectivity index (χ4n) is 2.67. The fraction of sp³-hybridized carbons (Fsp3) is 0.364. The van der Waals surface area contributed by atoms with E-state index in [4.69, 9.17) is 9.47 Å². The average molecular weight is 384 g/mol. The minimum atomic E-state index is -0.408. The Morgan fingerprint density at radius 2 is 1.68 bits per heavy atom. The molecule has 0 unspecified atom stereocenters. The fourth-order valence-corrected chi connectivity index (χ4v) is 2.67. The topological polar surface area (TPSA) is 76.7 Å². The summed E-state index contributed by atoms with van der Waals surface area (Å²) in [6, 6.07) is 13.5. The second kappa shape index (κ2) is 10.3. The number of methoxy groups -OCH3 is 1. The van der Waals surface area contributed by atoms with Crippen LogP contribution in [0.2, 0.25) is 0 Å². The van der Waals surface area contributed by atoms with Gasteiger partial charge < -0.3 is 9.47 Å². The van der Waals surface area contributed by atoms with E-state index in [1.165, 1.54) is 0 Å². The Hall–Kier alpha value is -3.02. The molecule has 0 aromatic heterocycles. The van der Waals surface area contributed by atoms with Gasteiger partial charge in [0.1, 0.15) is 11.5 Å². The van der Waals surface area contributed by atoms with Crippen LogP contribution in [0.3, 0.4) is 0 Å². The molecule has 0 fully saturated rings. The lowest BCUT2D eigenvalue weighted by Gasteiger charge is -2.15. The van der Waals surface area contributed by atoms with E-state index >= 15 is 0 Å². The Bertz CT molecular complexity index is 801. The van der Waals surface area contributed by atoms with E-state index in [0.717, 1.165) is 22.4 Å². The van der Waals surface area contributed by atoms with Crippen LogP contribution in [0.25, 0.3) is 0 Å². The standard InChI is InChI=1S/C22H28N2O4/c1-15(2)19-11-5-16(3)13-20(19)28-14-22(26)24-23-21(25)12-8-17-6-9-18(27-4)10-7-17/h5-7,9-11,13,15H,8,12,14H2,1-4H3,(H,23,25)(H,24,26). The van der Waals surface area contributed by atoms with Crippen LogP contribution in [0.1, 0.15) is 42.9 Å². The number of ether oxygens (including phenoxy) is 2. The molecule has 0 spiro atoms. The van der Waals surface area contributed by atoms with Crippen molar-refractivity contribution >= 4 is 11.8 Å². The molecule has 6 nitrogen and oxygen atoms in total. The molecule has 2 aromatic rings. The number of nitrogens with one attached hydrogen (secondary N) is 2. The molecule has 2 N–H and O–H groups in total. The van der Waals surface area contributed by atoms with Gasteiger partial charge in [-0.15, -0.1) is 0 Å². The number of carbonyl (C=O) groups excluding carboxylic acids is 2. The Morgan fingerprint density at radius 3 is 2.32 bits per heavy atom. The number of rotatable bonds is 8. The molecule has 2 aromatic carbocycles. The molecular formula is C22H28N2O4. The molecular weight excluding hydrogens is 356 g/mol. The number of hydrogen-bond acceptors (Lipinski definition) is 4. The van der Waals surface area contributed by atoms with Gasteiger partial charge in [0.2, 0.25) is 5.91 Å². The zero-order valence-electron chi connectivity index (χ0n) is 16.9. The average Bonchev–Trinajstić information content (AvgIpc) is 2.69. The Labute approximate surface area is 166 Å². The highest BCUT2D eigenvalue weighted by atomic mass is 16.5. The smallest absolute Gasteiger partial charge is 0.276 e. The summed E-state index contributed by atoms with van der Waals surface area (Å²) in [5, 5.41) is 0. The van der Waals surface area contributed by atoms with Gasteiger partial charge in [-0.2, -0.15) is 0 Å². The monoisotopic (exact) mass is 384 g/mol. The molecule has 6 heteroatoms. The van der Waals surface area contributed by atoms with Crippen LogP contribution >= 0.6 is 0 Å². The second-order valence-electron chi connectivity index (χ2n) is 6.93. The van der Waals surface area contributed by atoms with Crippen molar-refractivity contribution in [2.45, 2.75) is 39.5 Å². The summed E-state index contributed by atoms with van der Waals surface area (Å²) in [6.07, 6.45) is 0.839. The molecule has 0 saturated heterocycles. The Balaban J connectivity index is 1.74. The van der Waals surface area contributed by atoms with Crippen molar-refractivity contribution < 1.29 is 19.1 Å². The highest BCUT2D eigenvalue weighted by Crippen LogP contribution is 2.27. The largest absolute Gasteiger partial charge is 0.497 e. The van der Waals surface area contributed by atoms with E-state index in [1.807, 2.05) is 49.4 Å². The molecule has 0 heterocycles. The summed E-state index contributed by atoms with van der Waals surface area (Å²) >= 11 is 0. The molecule has 28 heavy (non-hydrogen) atoms. The van der Waals surface area contributed by atoms with Gasteiger partial charge in [0.15, 0.2) is 6.61 Å². The lowest BCUT2D eigenvalue weighted by molar-refractivity contribution is -0.130. The van der Waals surface area contributed by atoms with Gasteiger partial charge in [-0.05, 0) is 54.2 Å². The summed E-state index contributed by atoms with van der Waals surface area (Å²) in [6.45, 7) is 5.95. The number of aryl methyl sites for hydroxylation is 2. The molecule has 0 bridgehead atoms. The molecule has 0 aliphatic rings. The minimum absolute atomic E-state index is 0.165. The van der Waals surface area contributed by atoms with Crippen LogP contribution in [0.5, 0.6) is 11.5 Å². The van der Waals surface area contributed by atoms with Crippen molar-refractivity contribution in [3.63, 3.8) is 0 Å². The molecule has 150 valence electrons. The SMILES string of the molecule is COc1ccc(CCC(=O)NNC(=O)COc2cc(C)ccc2C(C)C)cc1. The van der Waals surface area contributed by atoms with Gasteiger partial charge in [-0.25, -0.2) is 0 Å². The maximum absolute atomic E-state index is 12.0. The van der Waals surface area contributed by atoms with E-state index in [2.05, 4.69) is 24.7 Å². The van der Waals surface area contributed by atoms with Crippen molar-refractivity contribution in [1.29, 1.82) is 0 Å². The van der Waals surface area contributed by atoms with Gasteiger partial charge in [0.05, 0.1) is 7.11 Å². The quantitative estimate of drug-likeness (QED) is 0.685. The third kappa shape index (κ3) is 6.61. The lowest BCUT2D eigenvalue weighted by atomic mass is 10.0. The van der Waals surface area contributed by atoms with Crippen LogP contribution in [0.4, 0.5) is 0 Å². The van der Waals surface area contributed by atoms with Crippen molar-refractivity contribution in [2.75, 3.05) is 13.7 Å². The maximum Gasteiger partial charge on any atom is 0.276 e. The summed E-state index contributed by atoms with van der Waals surface area (Å²) in [5.74, 6) is 1.08. The highest BCUT2D eigenvalue weighted by Gasteiger charge is 2.11. The van der Waals surface area contributed by atoms with E-state index in [-0.39, 0.29) is 24.9 Å². The summed E-state index contributed by atoms with van der Waals surface area (Å²) < 4.78 is 10.8. The number of hydrogen-bond donors (Lipinski definition) is 2. The van der Waals surface area contributed by atoms with Crippen molar-refractivity contribution in [1.82, 2.24) is 10.9 Å². The van der Waals surface area contributed by atoms with Crippen molar-refractivity contribution in [3.8, 4) is 11.5 Å². The first kappa shape index (κ1) is 21.3. The third-order valence-electron chi connectivity index (χ3n) is 4.29. The van der Waals surface area contributed by atoms with E-state index in [1.54, 1.807) is 7.11 Å². The van der Waals surface area contributed by atoms with Gasteiger partial charge in [0.25, 0.3) is 5.91 Å². The number of carbonyl (C=O) groups is 2. The first-order valence-corrected chi connectivity index (χ1v) is 9.33. The molecule has 0 saturated carbocycles. The molecule has 0 aliphatic carbocycles. The Morgan fingerprint density at radius 1 is 1.00 bits per heavy atom. The van der Waals surface area contributed by atoms with Gasteiger partial charge in [0, 0.05) is 6.42 Å². The van der Waals surface area contributed by atoms with Crippen LogP contribution in [0, 0.1) is 6.92 Å². The number of hydrazine groups is 1. The van der Waals surface area contributed by atoms with E-state index < -0.39 is 5.91 Å². The molecule has 0 radical (unpaired) electrons. The predicted molar refractivity (Wildman–Crippen MR) is 108 cm³/mol. The lowest BCUT2D eigenvalue weighted by Crippen LogP contribution is -2.43. The highest BCUT2D eigenvalue weighted by molar-refractivity contribution is 5.82. The van der Waals surface area contributed by atoms with Gasteiger partial charge in [-0.1, -0.05) is 38.1 Å². The first-order valence-electron chi connectivity index (χ1n) is 9.33. The second-order valence-corrected chi connectivity index (χ2v) is 6.93. The zero-order chi connectivity index (χ0) is 20.5. The summed E-state index contributed by atoms with van der Waals surface area (Å²) in [5.41, 5.74) is 7.93. The third-order valence-corrected chi connectivity index (χ3v) is 4.29. The summed E-state index contributed by atoms with van der Waals surface area (Å²) in [7, 11) is 1.61. The maximum atomic E-state index is 12.0. The van der Waals surface area contributed by atoms with Crippen LogP contribution in [-0.4, -0.2) is 25.5 Å². The van der Waals surface area contributed by atoms with E-state index in [0.29, 0.717) is 12.2 Å².